The fourth-order valence-electron chi connectivity index (χ4n) is 4.69. The van der Waals surface area contributed by atoms with E-state index in [0.29, 0.717) is 65.4 Å². The van der Waals surface area contributed by atoms with Crippen molar-refractivity contribution in [3.63, 3.8) is 0 Å². The standard InChI is InChI=1S/C28H33F3N4O2S/c1-3-8-34(9-4-2)27(37)21-11-19-6-5-18(14-25(19)33-26(32)15-21)20-12-22(28(29,30)31)16-24(13-20)38-35-10-7-23(36)17-35/h5-6,11-14,16,23,36H,3-4,7-10,15,17H2,1-2H3,(H2,32,33). The quantitative estimate of drug-likeness (QED) is 0.405. The zero-order chi connectivity index (χ0) is 27.4. The molecule has 0 aromatic heterocycles. The number of hydrogen-bond donors (Lipinski definition) is 2. The van der Waals surface area contributed by atoms with Crippen LogP contribution in [0.4, 0.5) is 18.9 Å². The van der Waals surface area contributed by atoms with Crippen molar-refractivity contribution in [2.45, 2.75) is 56.7 Å². The van der Waals surface area contributed by atoms with Gasteiger partial charge < -0.3 is 15.7 Å². The predicted octanol–water partition coefficient (Wildman–Crippen LogP) is 5.87. The van der Waals surface area contributed by atoms with Crippen molar-refractivity contribution >= 4 is 35.5 Å². The van der Waals surface area contributed by atoms with Crippen LogP contribution in [0.1, 0.15) is 50.7 Å². The van der Waals surface area contributed by atoms with Gasteiger partial charge in [-0.2, -0.15) is 13.2 Å². The van der Waals surface area contributed by atoms with Crippen LogP contribution in [0.15, 0.2) is 51.9 Å². The van der Waals surface area contributed by atoms with Crippen molar-refractivity contribution in [3.8, 4) is 11.1 Å². The van der Waals surface area contributed by atoms with Crippen LogP contribution in [0.3, 0.4) is 0 Å². The number of fused-ring (bicyclic) bond motifs is 1. The van der Waals surface area contributed by atoms with E-state index in [2.05, 4.69) is 4.99 Å². The molecule has 1 saturated heterocycles. The maximum atomic E-state index is 13.8. The second-order valence-electron chi connectivity index (χ2n) is 9.68. The van der Waals surface area contributed by atoms with Gasteiger partial charge in [0.05, 0.1) is 17.4 Å². The van der Waals surface area contributed by atoms with Gasteiger partial charge in [-0.25, -0.2) is 9.30 Å². The molecule has 204 valence electrons. The van der Waals surface area contributed by atoms with E-state index in [0.717, 1.165) is 25.0 Å². The summed E-state index contributed by atoms with van der Waals surface area (Å²) in [4.78, 5) is 20.0. The maximum Gasteiger partial charge on any atom is 0.416 e. The van der Waals surface area contributed by atoms with Gasteiger partial charge in [-0.15, -0.1) is 0 Å². The Morgan fingerprint density at radius 3 is 2.53 bits per heavy atom. The molecule has 0 spiro atoms. The van der Waals surface area contributed by atoms with Crippen molar-refractivity contribution in [1.29, 1.82) is 0 Å². The van der Waals surface area contributed by atoms with Gasteiger partial charge in [0.15, 0.2) is 0 Å². The smallest absolute Gasteiger partial charge is 0.392 e. The largest absolute Gasteiger partial charge is 0.416 e. The number of carbonyl (C=O) groups excluding carboxylic acids is 1. The number of carbonyl (C=O) groups is 1. The molecule has 0 radical (unpaired) electrons. The number of aliphatic imine (C=N–C) groups is 1. The van der Waals surface area contributed by atoms with Gasteiger partial charge in [0.2, 0.25) is 5.91 Å². The first-order valence-corrected chi connectivity index (χ1v) is 13.6. The van der Waals surface area contributed by atoms with Crippen LogP contribution in [0.25, 0.3) is 17.2 Å². The first kappa shape index (κ1) is 28.2. The summed E-state index contributed by atoms with van der Waals surface area (Å²) in [5, 5.41) is 9.80. The van der Waals surface area contributed by atoms with E-state index in [9.17, 15) is 23.1 Å². The van der Waals surface area contributed by atoms with E-state index in [1.54, 1.807) is 30.3 Å². The Hall–Kier alpha value is -2.82. The van der Waals surface area contributed by atoms with E-state index in [1.165, 1.54) is 11.9 Å². The van der Waals surface area contributed by atoms with E-state index in [4.69, 9.17) is 5.73 Å². The minimum atomic E-state index is -4.51. The van der Waals surface area contributed by atoms with E-state index < -0.39 is 17.8 Å². The maximum absolute atomic E-state index is 13.8. The molecule has 2 aliphatic rings. The first-order chi connectivity index (χ1) is 18.1. The lowest BCUT2D eigenvalue weighted by atomic mass is 9.99. The Balaban J connectivity index is 1.69. The second-order valence-corrected chi connectivity index (χ2v) is 10.9. The molecule has 1 atom stereocenters. The van der Waals surface area contributed by atoms with Crippen LogP contribution in [0.2, 0.25) is 0 Å². The van der Waals surface area contributed by atoms with Crippen molar-refractivity contribution in [2.75, 3.05) is 26.2 Å². The minimum absolute atomic E-state index is 0.0737. The average molecular weight is 547 g/mol. The molecule has 2 heterocycles. The Kier molecular flexibility index (Phi) is 8.85. The lowest BCUT2D eigenvalue weighted by Crippen LogP contribution is -2.34. The Morgan fingerprint density at radius 1 is 1.16 bits per heavy atom. The number of benzene rings is 2. The molecule has 10 heteroatoms. The number of aliphatic hydroxyl groups excluding tert-OH is 1. The molecule has 1 fully saturated rings. The van der Waals surface area contributed by atoms with E-state index in [-0.39, 0.29) is 18.2 Å². The Morgan fingerprint density at radius 2 is 1.89 bits per heavy atom. The van der Waals surface area contributed by atoms with Crippen molar-refractivity contribution in [3.05, 3.63) is 53.1 Å². The van der Waals surface area contributed by atoms with E-state index >= 15 is 0 Å². The van der Waals surface area contributed by atoms with Gasteiger partial charge >= 0.3 is 6.18 Å². The molecule has 3 N–H and O–H groups in total. The number of β-amino-alcohol motifs (C(OH)–C–C–N with tert-alkyl or cyclic N) is 1. The number of amides is 1. The molecule has 1 amide bonds. The predicted molar refractivity (Wildman–Crippen MR) is 146 cm³/mol. The molecule has 1 unspecified atom stereocenters. The van der Waals surface area contributed by atoms with Gasteiger partial charge in [-0.3, -0.25) is 4.79 Å². The lowest BCUT2D eigenvalue weighted by molar-refractivity contribution is -0.137. The molecular weight excluding hydrogens is 513 g/mol. The highest BCUT2D eigenvalue weighted by molar-refractivity contribution is 7.97. The molecule has 2 aliphatic heterocycles. The fourth-order valence-corrected chi connectivity index (χ4v) is 5.79. The highest BCUT2D eigenvalue weighted by Gasteiger charge is 2.32. The molecular formula is C28H33F3N4O2S. The Labute approximate surface area is 225 Å². The summed E-state index contributed by atoms with van der Waals surface area (Å²) in [5.74, 6) is 0.205. The molecule has 6 nitrogen and oxygen atoms in total. The van der Waals surface area contributed by atoms with Crippen LogP contribution < -0.4 is 5.73 Å². The molecule has 4 rings (SSSR count). The summed E-state index contributed by atoms with van der Waals surface area (Å²) < 4.78 is 43.2. The van der Waals surface area contributed by atoms with Gasteiger partial charge in [0, 0.05) is 48.6 Å². The Bertz CT molecular complexity index is 1240. The summed E-state index contributed by atoms with van der Waals surface area (Å²) in [5.41, 5.74) is 8.16. The van der Waals surface area contributed by atoms with Gasteiger partial charge in [0.1, 0.15) is 5.84 Å². The van der Waals surface area contributed by atoms with Crippen LogP contribution >= 0.6 is 11.9 Å². The number of rotatable bonds is 8. The summed E-state index contributed by atoms with van der Waals surface area (Å²) in [6.07, 6.45) is -0.702. The van der Waals surface area contributed by atoms with Crippen molar-refractivity contribution in [2.24, 2.45) is 10.7 Å². The number of nitrogens with zero attached hydrogens (tertiary/aromatic N) is 3. The monoisotopic (exact) mass is 546 g/mol. The van der Waals surface area contributed by atoms with Crippen LogP contribution in [-0.4, -0.2) is 58.3 Å². The average Bonchev–Trinajstić information content (AvgIpc) is 3.18. The van der Waals surface area contributed by atoms with Gasteiger partial charge in [-0.1, -0.05) is 26.0 Å². The molecule has 0 bridgehead atoms. The summed E-state index contributed by atoms with van der Waals surface area (Å²) in [6.45, 7) is 6.36. The van der Waals surface area contributed by atoms with Crippen LogP contribution in [0, 0.1) is 0 Å². The molecule has 2 aromatic rings. The molecule has 38 heavy (non-hydrogen) atoms. The van der Waals surface area contributed by atoms with Crippen molar-refractivity contribution < 1.29 is 23.1 Å². The zero-order valence-electron chi connectivity index (χ0n) is 21.6. The zero-order valence-corrected chi connectivity index (χ0v) is 22.4. The number of nitrogens with two attached hydrogens (primary N) is 1. The first-order valence-electron chi connectivity index (χ1n) is 12.9. The fraction of sp³-hybridized carbons (Fsp3) is 0.429. The van der Waals surface area contributed by atoms with Crippen LogP contribution in [-0.2, 0) is 11.0 Å². The number of aliphatic hydroxyl groups is 1. The van der Waals surface area contributed by atoms with Gasteiger partial charge in [-0.05, 0) is 72.7 Å². The highest BCUT2D eigenvalue weighted by atomic mass is 32.2. The van der Waals surface area contributed by atoms with Crippen molar-refractivity contribution in [1.82, 2.24) is 9.21 Å². The third-order valence-electron chi connectivity index (χ3n) is 6.47. The number of amidine groups is 1. The normalized spacial score (nSPS) is 18.0. The third kappa shape index (κ3) is 6.78. The third-order valence-corrected chi connectivity index (χ3v) is 7.51. The van der Waals surface area contributed by atoms with E-state index in [1.807, 2.05) is 23.1 Å². The molecule has 0 aliphatic carbocycles. The lowest BCUT2D eigenvalue weighted by Gasteiger charge is -2.22. The summed E-state index contributed by atoms with van der Waals surface area (Å²) in [7, 11) is 0. The number of alkyl halides is 3. The molecule has 0 saturated carbocycles. The molecule has 2 aromatic carbocycles. The summed E-state index contributed by atoms with van der Waals surface area (Å²) in [6, 6.07) is 9.21. The van der Waals surface area contributed by atoms with Crippen LogP contribution in [0.5, 0.6) is 0 Å². The topological polar surface area (TPSA) is 82.2 Å². The number of halogens is 3. The minimum Gasteiger partial charge on any atom is -0.392 e. The number of hydrogen-bond acceptors (Lipinski definition) is 6. The van der Waals surface area contributed by atoms with Gasteiger partial charge in [0.25, 0.3) is 0 Å². The highest BCUT2D eigenvalue weighted by Crippen LogP contribution is 2.39. The summed E-state index contributed by atoms with van der Waals surface area (Å²) >= 11 is 1.21. The SMILES string of the molecule is CCCN(CCC)C(=O)C1=Cc2ccc(-c3cc(SN4CCC(O)C4)cc(C(F)(F)F)c3)cc2N=C(N)C1. The second kappa shape index (κ2) is 11.9.